The van der Waals surface area contributed by atoms with Crippen LogP contribution in [0.1, 0.15) is 17.9 Å². The maximum absolute atomic E-state index is 6.18. The van der Waals surface area contributed by atoms with Crippen molar-refractivity contribution >= 4 is 11.6 Å². The molecule has 0 radical (unpaired) electrons. The molecular formula is C14H11Cl. The van der Waals surface area contributed by atoms with Gasteiger partial charge in [0.25, 0.3) is 0 Å². The van der Waals surface area contributed by atoms with E-state index in [2.05, 4.69) is 42.5 Å². The van der Waals surface area contributed by atoms with Gasteiger partial charge in [-0.25, -0.2) is 0 Å². The van der Waals surface area contributed by atoms with Crippen LogP contribution in [0.25, 0.3) is 22.3 Å². The fourth-order valence-corrected chi connectivity index (χ4v) is 2.48. The average molecular weight is 215 g/mol. The Labute approximate surface area is 94.5 Å². The number of hydrogen-bond donors (Lipinski definition) is 0. The average Bonchev–Trinajstić information content (AvgIpc) is 2.24. The first-order chi connectivity index (χ1) is 7.29. The van der Waals surface area contributed by atoms with Crippen LogP contribution in [0.2, 0.25) is 0 Å². The minimum absolute atomic E-state index is 0.0771. The minimum atomic E-state index is 0.0771. The van der Waals surface area contributed by atoms with E-state index >= 15 is 0 Å². The van der Waals surface area contributed by atoms with Gasteiger partial charge in [0.2, 0.25) is 0 Å². The number of alkyl halides is 1. The van der Waals surface area contributed by atoms with Crippen molar-refractivity contribution < 1.29 is 0 Å². The molecule has 1 heteroatoms. The first kappa shape index (κ1) is 8.99. The van der Waals surface area contributed by atoms with Crippen LogP contribution in [0.3, 0.4) is 0 Å². The fourth-order valence-electron chi connectivity index (χ4n) is 2.30. The van der Waals surface area contributed by atoms with E-state index in [9.17, 15) is 0 Å². The third-order valence-corrected chi connectivity index (χ3v) is 3.25. The van der Waals surface area contributed by atoms with Gasteiger partial charge in [-0.3, -0.25) is 0 Å². The second-order valence-electron chi connectivity index (χ2n) is 3.93. The molecule has 0 aliphatic heterocycles. The predicted molar refractivity (Wildman–Crippen MR) is 65.1 cm³/mol. The Morgan fingerprint density at radius 3 is 2.27 bits per heavy atom. The van der Waals surface area contributed by atoms with Crippen molar-refractivity contribution in [3.05, 3.63) is 48.0 Å². The maximum atomic E-state index is 6.18. The third kappa shape index (κ3) is 1.15. The van der Waals surface area contributed by atoms with E-state index in [0.717, 1.165) is 0 Å². The molecule has 0 saturated heterocycles. The van der Waals surface area contributed by atoms with Gasteiger partial charge in [-0.05, 0) is 34.7 Å². The molecule has 1 aliphatic rings. The second-order valence-corrected chi connectivity index (χ2v) is 4.59. The smallest absolute Gasteiger partial charge is 0.0563 e. The van der Waals surface area contributed by atoms with Crippen LogP contribution in [0, 0.1) is 0 Å². The SMILES string of the molecule is CC(Cl)c1cccc2c1-c1ccccc1-2. The lowest BCUT2D eigenvalue weighted by Gasteiger charge is -2.27. The van der Waals surface area contributed by atoms with Gasteiger partial charge in [0, 0.05) is 0 Å². The third-order valence-electron chi connectivity index (χ3n) is 3.01. The first-order valence-electron chi connectivity index (χ1n) is 5.16. The van der Waals surface area contributed by atoms with Crippen LogP contribution >= 0.6 is 11.6 Å². The van der Waals surface area contributed by atoms with Crippen molar-refractivity contribution in [3.8, 4) is 22.3 Å². The zero-order valence-electron chi connectivity index (χ0n) is 8.50. The lowest BCUT2D eigenvalue weighted by molar-refractivity contribution is 1.08. The van der Waals surface area contributed by atoms with Crippen molar-refractivity contribution in [2.24, 2.45) is 0 Å². The van der Waals surface area contributed by atoms with Gasteiger partial charge in [0.05, 0.1) is 5.38 Å². The molecule has 0 amide bonds. The van der Waals surface area contributed by atoms with Crippen molar-refractivity contribution in [1.29, 1.82) is 0 Å². The summed E-state index contributed by atoms with van der Waals surface area (Å²) in [4.78, 5) is 0. The number of halogens is 1. The summed E-state index contributed by atoms with van der Waals surface area (Å²) in [7, 11) is 0. The molecule has 2 aromatic carbocycles. The Balaban J connectivity index is 2.25. The van der Waals surface area contributed by atoms with Gasteiger partial charge in [0.1, 0.15) is 0 Å². The summed E-state index contributed by atoms with van der Waals surface area (Å²) in [5.41, 5.74) is 6.63. The first-order valence-corrected chi connectivity index (χ1v) is 5.59. The Hall–Kier alpha value is -1.27. The normalized spacial score (nSPS) is 13.7. The molecule has 1 atom stereocenters. The molecule has 0 spiro atoms. The molecule has 0 nitrogen and oxygen atoms in total. The van der Waals surface area contributed by atoms with Crippen molar-refractivity contribution in [1.82, 2.24) is 0 Å². The van der Waals surface area contributed by atoms with E-state index in [-0.39, 0.29) is 5.38 Å². The molecule has 15 heavy (non-hydrogen) atoms. The van der Waals surface area contributed by atoms with Gasteiger partial charge >= 0.3 is 0 Å². The highest BCUT2D eigenvalue weighted by atomic mass is 35.5. The Bertz CT molecular complexity index is 527. The van der Waals surface area contributed by atoms with Crippen LogP contribution in [0.5, 0.6) is 0 Å². The topological polar surface area (TPSA) is 0 Å². The number of rotatable bonds is 1. The van der Waals surface area contributed by atoms with E-state index < -0.39 is 0 Å². The maximum Gasteiger partial charge on any atom is 0.0563 e. The summed E-state index contributed by atoms with van der Waals surface area (Å²) < 4.78 is 0. The van der Waals surface area contributed by atoms with Gasteiger partial charge in [-0.2, -0.15) is 0 Å². The number of hydrogen-bond acceptors (Lipinski definition) is 0. The largest absolute Gasteiger partial charge is 0.118 e. The van der Waals surface area contributed by atoms with Gasteiger partial charge in [-0.1, -0.05) is 42.5 Å². The molecule has 0 heterocycles. The Kier molecular flexibility index (Phi) is 1.86. The van der Waals surface area contributed by atoms with E-state index in [1.807, 2.05) is 6.92 Å². The number of benzene rings is 2. The highest BCUT2D eigenvalue weighted by molar-refractivity contribution is 6.21. The summed E-state index contributed by atoms with van der Waals surface area (Å²) in [6.07, 6.45) is 0. The van der Waals surface area contributed by atoms with E-state index in [0.29, 0.717) is 0 Å². The highest BCUT2D eigenvalue weighted by Gasteiger charge is 2.25. The monoisotopic (exact) mass is 214 g/mol. The van der Waals surface area contributed by atoms with E-state index in [1.165, 1.54) is 27.8 Å². The van der Waals surface area contributed by atoms with Crippen LogP contribution in [-0.2, 0) is 0 Å². The molecule has 0 N–H and O–H groups in total. The highest BCUT2D eigenvalue weighted by Crippen LogP contribution is 2.50. The summed E-state index contributed by atoms with van der Waals surface area (Å²) in [6.45, 7) is 2.03. The molecule has 0 fully saturated rings. The number of fused-ring (bicyclic) bond motifs is 4. The molecule has 0 bridgehead atoms. The zero-order valence-corrected chi connectivity index (χ0v) is 9.25. The molecule has 1 aliphatic carbocycles. The zero-order chi connectivity index (χ0) is 10.4. The molecule has 0 aromatic heterocycles. The Morgan fingerprint density at radius 1 is 0.867 bits per heavy atom. The van der Waals surface area contributed by atoms with E-state index in [4.69, 9.17) is 11.6 Å². The summed E-state index contributed by atoms with van der Waals surface area (Å²) in [6, 6.07) is 14.9. The summed E-state index contributed by atoms with van der Waals surface area (Å²) in [5, 5.41) is 0.0771. The molecule has 2 aromatic rings. The van der Waals surface area contributed by atoms with Crippen molar-refractivity contribution in [2.75, 3.05) is 0 Å². The quantitative estimate of drug-likeness (QED) is 0.518. The van der Waals surface area contributed by atoms with Crippen LogP contribution in [-0.4, -0.2) is 0 Å². The lowest BCUT2D eigenvalue weighted by atomic mass is 9.77. The molecule has 1 unspecified atom stereocenters. The lowest BCUT2D eigenvalue weighted by Crippen LogP contribution is -2.02. The Morgan fingerprint density at radius 2 is 1.53 bits per heavy atom. The van der Waals surface area contributed by atoms with Gasteiger partial charge < -0.3 is 0 Å². The molecule has 74 valence electrons. The van der Waals surface area contributed by atoms with Crippen LogP contribution in [0.15, 0.2) is 42.5 Å². The van der Waals surface area contributed by atoms with Crippen molar-refractivity contribution in [2.45, 2.75) is 12.3 Å². The standard InChI is InChI=1S/C14H11Cl/c1-9(15)10-7-4-8-13-11-5-2-3-6-12(11)14(10)13/h2-9H,1H3. The fraction of sp³-hybridized carbons (Fsp3) is 0.143. The molecular weight excluding hydrogens is 204 g/mol. The van der Waals surface area contributed by atoms with Gasteiger partial charge in [-0.15, -0.1) is 11.6 Å². The van der Waals surface area contributed by atoms with E-state index in [1.54, 1.807) is 0 Å². The van der Waals surface area contributed by atoms with Crippen molar-refractivity contribution in [3.63, 3.8) is 0 Å². The summed E-state index contributed by atoms with van der Waals surface area (Å²) >= 11 is 6.18. The molecule has 0 saturated carbocycles. The second kappa shape index (κ2) is 3.11. The predicted octanol–water partition coefficient (Wildman–Crippen LogP) is 4.63. The minimum Gasteiger partial charge on any atom is -0.118 e. The van der Waals surface area contributed by atoms with Gasteiger partial charge in [0.15, 0.2) is 0 Å². The van der Waals surface area contributed by atoms with Crippen LogP contribution in [0.4, 0.5) is 0 Å². The molecule has 3 rings (SSSR count). The van der Waals surface area contributed by atoms with Crippen LogP contribution < -0.4 is 0 Å². The summed E-state index contributed by atoms with van der Waals surface area (Å²) in [5.74, 6) is 0.